The molecule has 28 heavy (non-hydrogen) atoms. The van der Waals surface area contributed by atoms with Gasteiger partial charge >= 0.3 is 0 Å². The molecule has 2 aromatic rings. The van der Waals surface area contributed by atoms with E-state index in [9.17, 15) is 9.90 Å². The number of phenolic OH excluding ortho intramolecular Hbond substituents is 1. The van der Waals surface area contributed by atoms with Gasteiger partial charge in [0, 0.05) is 5.69 Å². The van der Waals surface area contributed by atoms with E-state index < -0.39 is 0 Å². The van der Waals surface area contributed by atoms with Gasteiger partial charge in [-0.15, -0.1) is 0 Å². The molecule has 0 saturated carbocycles. The van der Waals surface area contributed by atoms with Crippen molar-refractivity contribution < 1.29 is 14.8 Å². The summed E-state index contributed by atoms with van der Waals surface area (Å²) < 4.78 is 0. The second kappa shape index (κ2) is 8.23. The minimum absolute atomic E-state index is 0.0453. The van der Waals surface area contributed by atoms with Crippen LogP contribution in [0, 0.1) is 0 Å². The zero-order chi connectivity index (χ0) is 19.5. The van der Waals surface area contributed by atoms with Crippen molar-refractivity contribution >= 4 is 11.6 Å². The van der Waals surface area contributed by atoms with Gasteiger partial charge in [0.2, 0.25) is 0 Å². The highest BCUT2D eigenvalue weighted by molar-refractivity contribution is 5.80. The van der Waals surface area contributed by atoms with E-state index in [1.54, 1.807) is 12.1 Å². The van der Waals surface area contributed by atoms with Crippen molar-refractivity contribution in [1.82, 2.24) is 5.32 Å². The van der Waals surface area contributed by atoms with Gasteiger partial charge < -0.3 is 20.2 Å². The second-order valence-corrected chi connectivity index (χ2v) is 8.04. The highest BCUT2D eigenvalue weighted by Gasteiger charge is 2.31. The van der Waals surface area contributed by atoms with Crippen LogP contribution in [-0.4, -0.2) is 43.2 Å². The van der Waals surface area contributed by atoms with Gasteiger partial charge in [-0.3, -0.25) is 4.79 Å². The van der Waals surface area contributed by atoms with Crippen molar-refractivity contribution in [3.05, 3.63) is 59.7 Å². The van der Waals surface area contributed by atoms with E-state index in [-0.39, 0.29) is 18.0 Å². The van der Waals surface area contributed by atoms with E-state index in [2.05, 4.69) is 41.4 Å². The quantitative estimate of drug-likeness (QED) is 0.757. The normalized spacial score (nSPS) is 21.0. The number of carbonyl (C=O) groups is 1. The number of hydrogen-bond acceptors (Lipinski definition) is 3. The van der Waals surface area contributed by atoms with Crippen LogP contribution in [0.2, 0.25) is 0 Å². The summed E-state index contributed by atoms with van der Waals surface area (Å²) in [7, 11) is 0. The Hall–Kier alpha value is -2.53. The molecule has 0 unspecified atom stereocenters. The predicted octanol–water partition coefficient (Wildman–Crippen LogP) is 1.68. The summed E-state index contributed by atoms with van der Waals surface area (Å²) >= 11 is 0. The lowest BCUT2D eigenvalue weighted by Crippen LogP contribution is -3.19. The average Bonchev–Trinajstić information content (AvgIpc) is 2.74. The summed E-state index contributed by atoms with van der Waals surface area (Å²) in [6.07, 6.45) is 3.27. The number of quaternary nitrogens is 1. The number of amides is 1. The molecule has 1 aliphatic carbocycles. The van der Waals surface area contributed by atoms with Crippen LogP contribution < -0.4 is 15.1 Å². The minimum Gasteiger partial charge on any atom is -0.508 e. The van der Waals surface area contributed by atoms with Crippen LogP contribution >= 0.6 is 0 Å². The molecule has 1 aliphatic heterocycles. The van der Waals surface area contributed by atoms with Crippen LogP contribution in [0.1, 0.15) is 36.9 Å². The molecule has 1 amide bonds. The van der Waals surface area contributed by atoms with Crippen LogP contribution in [0.25, 0.3) is 0 Å². The van der Waals surface area contributed by atoms with Gasteiger partial charge in [-0.1, -0.05) is 24.3 Å². The first-order valence-electron chi connectivity index (χ1n) is 10.4. The first kappa shape index (κ1) is 18.8. The van der Waals surface area contributed by atoms with Crippen LogP contribution in [0.3, 0.4) is 0 Å². The Kier molecular flexibility index (Phi) is 5.53. The van der Waals surface area contributed by atoms with E-state index in [0.717, 1.165) is 51.1 Å². The smallest absolute Gasteiger partial charge is 0.278 e. The molecule has 0 bridgehead atoms. The number of anilines is 1. The summed E-state index contributed by atoms with van der Waals surface area (Å²) in [5.74, 6) is 0.456. The maximum Gasteiger partial charge on any atom is 0.278 e. The first-order valence-corrected chi connectivity index (χ1v) is 10.4. The Labute approximate surface area is 167 Å². The second-order valence-electron chi connectivity index (χ2n) is 8.04. The van der Waals surface area contributed by atoms with Crippen molar-refractivity contribution in [1.29, 1.82) is 0 Å². The number of hydrogen-bond donors (Lipinski definition) is 3. The fraction of sp³-hybridized carbons (Fsp3) is 0.435. The Morgan fingerprint density at radius 1 is 1.14 bits per heavy atom. The van der Waals surface area contributed by atoms with Gasteiger partial charge in [-0.05, 0) is 61.6 Å². The molecule has 2 aliphatic rings. The average molecular weight is 381 g/mol. The largest absolute Gasteiger partial charge is 0.508 e. The molecule has 0 spiro atoms. The third-order valence-corrected chi connectivity index (χ3v) is 6.31. The van der Waals surface area contributed by atoms with Crippen molar-refractivity contribution in [2.24, 2.45) is 0 Å². The van der Waals surface area contributed by atoms with Gasteiger partial charge in [-0.2, -0.15) is 0 Å². The topological polar surface area (TPSA) is 57.0 Å². The van der Waals surface area contributed by atoms with Gasteiger partial charge in [0.05, 0.1) is 32.2 Å². The predicted molar refractivity (Wildman–Crippen MR) is 111 cm³/mol. The highest BCUT2D eigenvalue weighted by atomic mass is 16.3. The molecule has 1 fully saturated rings. The molecular weight excluding hydrogens is 350 g/mol. The molecule has 5 nitrogen and oxygen atoms in total. The summed E-state index contributed by atoms with van der Waals surface area (Å²) in [6.45, 7) is 5.77. The number of nitrogens with zero attached hydrogens (tertiary/aromatic N) is 1. The van der Waals surface area contributed by atoms with Gasteiger partial charge in [-0.25, -0.2) is 0 Å². The summed E-state index contributed by atoms with van der Waals surface area (Å²) in [4.78, 5) is 16.6. The Balaban J connectivity index is 1.33. The van der Waals surface area contributed by atoms with Crippen LogP contribution in [0.15, 0.2) is 48.5 Å². The van der Waals surface area contributed by atoms with Crippen molar-refractivity contribution in [3.8, 4) is 5.75 Å². The van der Waals surface area contributed by atoms with Crippen LogP contribution in [-0.2, 0) is 11.2 Å². The molecule has 1 saturated heterocycles. The molecule has 0 radical (unpaired) electrons. The van der Waals surface area contributed by atoms with Crippen molar-refractivity contribution in [2.45, 2.75) is 38.3 Å². The maximum atomic E-state index is 12.9. The van der Waals surface area contributed by atoms with E-state index in [1.807, 2.05) is 12.1 Å². The first-order chi connectivity index (χ1) is 13.6. The van der Waals surface area contributed by atoms with Gasteiger partial charge in [0.25, 0.3) is 5.91 Å². The lowest BCUT2D eigenvalue weighted by atomic mass is 9.87. The molecule has 148 valence electrons. The fourth-order valence-electron chi connectivity index (χ4n) is 4.53. The van der Waals surface area contributed by atoms with E-state index in [1.165, 1.54) is 16.0 Å². The molecule has 2 aromatic carbocycles. The number of aryl methyl sites for hydroxylation is 1. The van der Waals surface area contributed by atoms with Crippen molar-refractivity contribution in [3.63, 3.8) is 0 Å². The third-order valence-electron chi connectivity index (χ3n) is 6.31. The number of nitrogens with one attached hydrogen (secondary N) is 2. The van der Waals surface area contributed by atoms with E-state index >= 15 is 0 Å². The zero-order valence-electron chi connectivity index (χ0n) is 16.5. The number of rotatable bonds is 4. The molecule has 1 heterocycles. The number of piperazine rings is 1. The Morgan fingerprint density at radius 3 is 2.61 bits per heavy atom. The molecular formula is C23H30N3O2+. The summed E-state index contributed by atoms with van der Waals surface area (Å²) in [6, 6.07) is 16.0. The van der Waals surface area contributed by atoms with Crippen molar-refractivity contribution in [2.75, 3.05) is 31.1 Å². The fourth-order valence-corrected chi connectivity index (χ4v) is 4.53. The lowest BCUT2D eigenvalue weighted by molar-refractivity contribution is -0.914. The maximum absolute atomic E-state index is 12.9. The highest BCUT2D eigenvalue weighted by Crippen LogP contribution is 2.29. The number of aromatic hydroxyl groups is 1. The van der Waals surface area contributed by atoms with E-state index in [4.69, 9.17) is 0 Å². The third kappa shape index (κ3) is 3.99. The van der Waals surface area contributed by atoms with Crippen LogP contribution in [0.4, 0.5) is 5.69 Å². The number of benzene rings is 2. The number of fused-ring (bicyclic) bond motifs is 1. The number of carbonyl (C=O) groups excluding carboxylic acids is 1. The Morgan fingerprint density at radius 2 is 1.86 bits per heavy atom. The monoisotopic (exact) mass is 380 g/mol. The molecule has 2 atom stereocenters. The van der Waals surface area contributed by atoms with Crippen LogP contribution in [0.5, 0.6) is 5.75 Å². The van der Waals surface area contributed by atoms with E-state index in [0.29, 0.717) is 5.75 Å². The molecule has 3 N–H and O–H groups in total. The number of phenols is 1. The summed E-state index contributed by atoms with van der Waals surface area (Å²) in [5.41, 5.74) is 3.80. The van der Waals surface area contributed by atoms with Gasteiger partial charge in [0.1, 0.15) is 5.75 Å². The molecule has 5 heteroatoms. The summed E-state index contributed by atoms with van der Waals surface area (Å²) in [5, 5.41) is 12.8. The Bertz CT molecular complexity index is 813. The standard InChI is InChI=1S/C23H29N3O2/c1-17(23(28)24-22-8-4-6-18-5-2-3-7-21(18)22)25-13-15-26(16-14-25)19-9-11-20(27)12-10-19/h2-3,5,7,9-12,17,22,27H,4,6,8,13-16H2,1H3,(H,24,28)/p+1/t17-,22-/m1/s1. The molecule has 4 rings (SSSR count). The van der Waals surface area contributed by atoms with Gasteiger partial charge in [0.15, 0.2) is 6.04 Å². The zero-order valence-corrected chi connectivity index (χ0v) is 16.5. The lowest BCUT2D eigenvalue weighted by Gasteiger charge is -2.36. The molecule has 0 aromatic heterocycles. The minimum atomic E-state index is -0.0453. The SMILES string of the molecule is C[C@H](C(=O)N[C@@H]1CCCc2ccccc21)[NH+]1CCN(c2ccc(O)cc2)CC1.